The van der Waals surface area contributed by atoms with Crippen molar-refractivity contribution in [3.05, 3.63) is 18.2 Å². The molecule has 0 atom stereocenters. The van der Waals surface area contributed by atoms with E-state index >= 15 is 0 Å². The zero-order valence-corrected chi connectivity index (χ0v) is 10.1. The Morgan fingerprint density at radius 2 is 1.94 bits per heavy atom. The second kappa shape index (κ2) is 5.85. The first-order chi connectivity index (χ1) is 8.01. The van der Waals surface area contributed by atoms with E-state index in [9.17, 15) is 8.42 Å². The van der Waals surface area contributed by atoms with Crippen molar-refractivity contribution in [1.29, 1.82) is 0 Å². The van der Waals surface area contributed by atoms with Gasteiger partial charge >= 0.3 is 0 Å². The first kappa shape index (κ1) is 13.8. The first-order valence-corrected chi connectivity index (χ1v) is 6.74. The third-order valence-corrected chi connectivity index (χ3v) is 3.86. The smallest absolute Gasteiger partial charge is 0.182 e. The van der Waals surface area contributed by atoms with Crippen molar-refractivity contribution in [2.45, 2.75) is 4.90 Å². The molecule has 7 heteroatoms. The Bertz CT molecular complexity index is 473. The van der Waals surface area contributed by atoms with Crippen LogP contribution in [-0.4, -0.2) is 44.1 Å². The Labute approximate surface area is 100.0 Å². The van der Waals surface area contributed by atoms with Crippen LogP contribution in [0.25, 0.3) is 0 Å². The van der Waals surface area contributed by atoms with Gasteiger partial charge in [0.15, 0.2) is 9.84 Å². The third kappa shape index (κ3) is 3.58. The predicted molar refractivity (Wildman–Crippen MR) is 65.6 cm³/mol. The normalized spacial score (nSPS) is 11.4. The molecule has 96 valence electrons. The quantitative estimate of drug-likeness (QED) is 0.510. The maximum absolute atomic E-state index is 11.9. The molecule has 0 aliphatic carbocycles. The Hall–Kier alpha value is -1.31. The van der Waals surface area contributed by atoms with Crippen molar-refractivity contribution in [3.8, 4) is 0 Å². The highest BCUT2D eigenvalue weighted by Crippen LogP contribution is 2.24. The highest BCUT2D eigenvalue weighted by Gasteiger charge is 2.18. The van der Waals surface area contributed by atoms with Gasteiger partial charge < -0.3 is 21.3 Å². The van der Waals surface area contributed by atoms with E-state index in [0.29, 0.717) is 11.4 Å². The number of nitrogens with one attached hydrogen (secondary N) is 1. The second-order valence-corrected chi connectivity index (χ2v) is 5.53. The number of nitrogens with two attached hydrogens (primary N) is 1. The fraction of sp³-hybridized carbons (Fsp3) is 0.400. The van der Waals surface area contributed by atoms with Gasteiger partial charge in [-0.1, -0.05) is 0 Å². The van der Waals surface area contributed by atoms with Crippen molar-refractivity contribution >= 4 is 21.2 Å². The van der Waals surface area contributed by atoms with E-state index in [-0.39, 0.29) is 23.8 Å². The monoisotopic (exact) mass is 260 g/mol. The Kier molecular flexibility index (Phi) is 4.73. The minimum Gasteiger partial charge on any atom is -0.399 e. The summed E-state index contributed by atoms with van der Waals surface area (Å²) >= 11 is 0. The van der Waals surface area contributed by atoms with Gasteiger partial charge in [0.1, 0.15) is 0 Å². The van der Waals surface area contributed by atoms with Gasteiger partial charge in [-0.05, 0) is 18.2 Å². The van der Waals surface area contributed by atoms with Gasteiger partial charge in [0.25, 0.3) is 0 Å². The molecule has 0 aliphatic rings. The zero-order chi connectivity index (χ0) is 12.9. The predicted octanol–water partition coefficient (Wildman–Crippen LogP) is -0.561. The lowest BCUT2D eigenvalue weighted by Crippen LogP contribution is -2.15. The maximum atomic E-state index is 11.9. The van der Waals surface area contributed by atoms with Crippen LogP contribution >= 0.6 is 0 Å². The standard InChI is InChI=1S/C10H16N2O4S/c11-8-1-2-9(12-3-4-13)10(7-8)17(15,16)6-5-14/h1-2,7,12-14H,3-6,11H2. The number of aliphatic hydroxyl groups is 2. The molecule has 0 saturated heterocycles. The summed E-state index contributed by atoms with van der Waals surface area (Å²) in [6.45, 7) is -0.313. The van der Waals surface area contributed by atoms with Crippen molar-refractivity contribution in [3.63, 3.8) is 0 Å². The van der Waals surface area contributed by atoms with Crippen LogP contribution in [-0.2, 0) is 9.84 Å². The molecule has 1 aromatic carbocycles. The summed E-state index contributed by atoms with van der Waals surface area (Å²) < 4.78 is 23.7. The third-order valence-electron chi connectivity index (χ3n) is 2.13. The molecule has 0 unspecified atom stereocenters. The maximum Gasteiger partial charge on any atom is 0.182 e. The number of hydrogen-bond donors (Lipinski definition) is 4. The molecule has 0 aliphatic heterocycles. The number of rotatable bonds is 6. The highest BCUT2D eigenvalue weighted by molar-refractivity contribution is 7.91. The van der Waals surface area contributed by atoms with E-state index in [1.54, 1.807) is 6.07 Å². The minimum absolute atomic E-state index is 0.0417. The number of nitrogen functional groups attached to an aromatic ring is 1. The van der Waals surface area contributed by atoms with E-state index < -0.39 is 16.4 Å². The van der Waals surface area contributed by atoms with Gasteiger partial charge in [-0.15, -0.1) is 0 Å². The Morgan fingerprint density at radius 1 is 1.24 bits per heavy atom. The zero-order valence-electron chi connectivity index (χ0n) is 9.26. The molecule has 0 radical (unpaired) electrons. The van der Waals surface area contributed by atoms with Crippen molar-refractivity contribution in [2.24, 2.45) is 0 Å². The molecular formula is C10H16N2O4S. The van der Waals surface area contributed by atoms with Crippen LogP contribution in [0.2, 0.25) is 0 Å². The van der Waals surface area contributed by atoms with E-state index in [1.807, 2.05) is 0 Å². The van der Waals surface area contributed by atoms with E-state index in [2.05, 4.69) is 5.32 Å². The second-order valence-electron chi connectivity index (χ2n) is 3.45. The molecule has 0 saturated carbocycles. The molecule has 0 heterocycles. The van der Waals surface area contributed by atoms with Gasteiger partial charge in [-0.3, -0.25) is 0 Å². The molecule has 17 heavy (non-hydrogen) atoms. The fourth-order valence-electron chi connectivity index (χ4n) is 1.36. The molecule has 0 fully saturated rings. The summed E-state index contributed by atoms with van der Waals surface area (Å²) in [5.41, 5.74) is 6.25. The van der Waals surface area contributed by atoms with Crippen LogP contribution in [0, 0.1) is 0 Å². The molecule has 0 amide bonds. The average molecular weight is 260 g/mol. The fourth-order valence-corrected chi connectivity index (χ4v) is 2.61. The number of aliphatic hydroxyl groups excluding tert-OH is 2. The summed E-state index contributed by atoms with van der Waals surface area (Å²) in [5, 5.41) is 20.2. The van der Waals surface area contributed by atoms with Gasteiger partial charge in [0, 0.05) is 12.2 Å². The summed E-state index contributed by atoms with van der Waals surface area (Å²) in [6.07, 6.45) is 0. The largest absolute Gasteiger partial charge is 0.399 e. The van der Waals surface area contributed by atoms with Crippen molar-refractivity contribution in [2.75, 3.05) is 36.6 Å². The lowest BCUT2D eigenvalue weighted by Gasteiger charge is -2.12. The van der Waals surface area contributed by atoms with E-state index in [0.717, 1.165) is 0 Å². The summed E-state index contributed by atoms with van der Waals surface area (Å²) in [5.74, 6) is -0.357. The molecule has 0 aromatic heterocycles. The van der Waals surface area contributed by atoms with Crippen LogP contribution in [0.15, 0.2) is 23.1 Å². The highest BCUT2D eigenvalue weighted by atomic mass is 32.2. The molecular weight excluding hydrogens is 244 g/mol. The molecule has 0 bridgehead atoms. The van der Waals surface area contributed by atoms with Gasteiger partial charge in [0.2, 0.25) is 0 Å². The number of anilines is 2. The first-order valence-electron chi connectivity index (χ1n) is 5.09. The van der Waals surface area contributed by atoms with Gasteiger partial charge in [0.05, 0.1) is 29.5 Å². The minimum atomic E-state index is -3.57. The van der Waals surface area contributed by atoms with Crippen molar-refractivity contribution in [1.82, 2.24) is 0 Å². The van der Waals surface area contributed by atoms with Crippen LogP contribution in [0.1, 0.15) is 0 Å². The van der Waals surface area contributed by atoms with Crippen LogP contribution in [0.3, 0.4) is 0 Å². The SMILES string of the molecule is Nc1ccc(NCCO)c(S(=O)(=O)CCO)c1. The number of hydrogen-bond acceptors (Lipinski definition) is 6. The average Bonchev–Trinajstić information content (AvgIpc) is 2.27. The molecule has 6 nitrogen and oxygen atoms in total. The van der Waals surface area contributed by atoms with E-state index in [4.69, 9.17) is 15.9 Å². The van der Waals surface area contributed by atoms with Crippen molar-refractivity contribution < 1.29 is 18.6 Å². The molecule has 1 rings (SSSR count). The Morgan fingerprint density at radius 3 is 2.53 bits per heavy atom. The number of benzene rings is 1. The summed E-state index contributed by atoms with van der Waals surface area (Å²) in [6, 6.07) is 4.44. The number of sulfone groups is 1. The lowest BCUT2D eigenvalue weighted by atomic mass is 10.3. The Balaban J connectivity index is 3.15. The summed E-state index contributed by atoms with van der Waals surface area (Å²) in [7, 11) is -3.57. The summed E-state index contributed by atoms with van der Waals surface area (Å²) in [4.78, 5) is 0.0417. The van der Waals surface area contributed by atoms with Crippen LogP contribution in [0.5, 0.6) is 0 Å². The van der Waals surface area contributed by atoms with E-state index in [1.165, 1.54) is 12.1 Å². The molecule has 5 N–H and O–H groups in total. The topological polar surface area (TPSA) is 113 Å². The lowest BCUT2D eigenvalue weighted by molar-refractivity contribution is 0.311. The van der Waals surface area contributed by atoms with Gasteiger partial charge in [-0.2, -0.15) is 0 Å². The molecule has 1 aromatic rings. The van der Waals surface area contributed by atoms with Crippen LogP contribution < -0.4 is 11.1 Å². The van der Waals surface area contributed by atoms with Crippen LogP contribution in [0.4, 0.5) is 11.4 Å². The van der Waals surface area contributed by atoms with Gasteiger partial charge in [-0.25, -0.2) is 8.42 Å². The molecule has 0 spiro atoms.